The molecule has 20 heavy (non-hydrogen) atoms. The molecule has 2 aromatic rings. The first-order chi connectivity index (χ1) is 9.83. The molecule has 0 saturated carbocycles. The molecule has 1 N–H and O–H groups in total. The number of nitrogens with zero attached hydrogens (tertiary/aromatic N) is 1. The van der Waals surface area contributed by atoms with Crippen molar-refractivity contribution in [3.8, 4) is 5.75 Å². The highest BCUT2D eigenvalue weighted by Gasteiger charge is 2.31. The molecule has 0 saturated heterocycles. The summed E-state index contributed by atoms with van der Waals surface area (Å²) in [5.41, 5.74) is 2.42. The lowest BCUT2D eigenvalue weighted by atomic mass is 10.0. The maximum Gasteiger partial charge on any atom is 0.142 e. The van der Waals surface area contributed by atoms with Crippen molar-refractivity contribution in [2.24, 2.45) is 0 Å². The van der Waals surface area contributed by atoms with Crippen molar-refractivity contribution in [3.05, 3.63) is 53.9 Å². The molecular weight excluding hydrogens is 268 g/mol. The number of rotatable bonds is 4. The van der Waals surface area contributed by atoms with Crippen LogP contribution in [0.15, 0.2) is 47.5 Å². The average Bonchev–Trinajstić information content (AvgIpc) is 2.92. The van der Waals surface area contributed by atoms with Crippen LogP contribution in [0.3, 0.4) is 0 Å². The van der Waals surface area contributed by atoms with E-state index in [2.05, 4.69) is 34.6 Å². The van der Waals surface area contributed by atoms with Gasteiger partial charge in [0, 0.05) is 16.3 Å². The summed E-state index contributed by atoms with van der Waals surface area (Å²) in [6, 6.07) is 12.7. The summed E-state index contributed by atoms with van der Waals surface area (Å²) in [6.45, 7) is 0. The summed E-state index contributed by atoms with van der Waals surface area (Å²) in [6.07, 6.45) is 2.89. The predicted octanol–water partition coefficient (Wildman–Crippen LogP) is 3.07. The molecule has 1 aliphatic heterocycles. The molecule has 3 nitrogen and oxygen atoms in total. The van der Waals surface area contributed by atoms with Crippen LogP contribution < -0.4 is 10.1 Å². The van der Waals surface area contributed by atoms with Gasteiger partial charge in [0.05, 0.1) is 13.2 Å². The van der Waals surface area contributed by atoms with E-state index in [1.165, 1.54) is 10.5 Å². The van der Waals surface area contributed by atoms with Crippen LogP contribution in [0.4, 0.5) is 0 Å². The van der Waals surface area contributed by atoms with E-state index in [0.717, 1.165) is 17.9 Å². The van der Waals surface area contributed by atoms with Crippen LogP contribution in [0.25, 0.3) is 0 Å². The van der Waals surface area contributed by atoms with Gasteiger partial charge in [-0.2, -0.15) is 0 Å². The Morgan fingerprint density at radius 3 is 2.90 bits per heavy atom. The number of hydrogen-bond donors (Lipinski definition) is 1. The molecule has 0 amide bonds. The van der Waals surface area contributed by atoms with E-state index < -0.39 is 0 Å². The largest absolute Gasteiger partial charge is 0.495 e. The number of fused-ring (bicyclic) bond motifs is 1. The van der Waals surface area contributed by atoms with Crippen LogP contribution in [0.1, 0.15) is 17.3 Å². The van der Waals surface area contributed by atoms with Crippen molar-refractivity contribution in [2.45, 2.75) is 22.6 Å². The van der Waals surface area contributed by atoms with Crippen LogP contribution in [-0.4, -0.2) is 24.4 Å². The van der Waals surface area contributed by atoms with Gasteiger partial charge in [-0.15, -0.1) is 11.8 Å². The predicted molar refractivity (Wildman–Crippen MR) is 82.4 cm³/mol. The molecule has 1 aliphatic rings. The molecule has 2 heterocycles. The third-order valence-corrected chi connectivity index (χ3v) is 5.06. The number of thioether (sulfide) groups is 1. The monoisotopic (exact) mass is 286 g/mol. The molecule has 2 unspecified atom stereocenters. The summed E-state index contributed by atoms with van der Waals surface area (Å²) >= 11 is 1.92. The van der Waals surface area contributed by atoms with E-state index in [1.54, 1.807) is 7.11 Å². The van der Waals surface area contributed by atoms with Crippen molar-refractivity contribution in [2.75, 3.05) is 14.2 Å². The minimum Gasteiger partial charge on any atom is -0.495 e. The van der Waals surface area contributed by atoms with E-state index in [1.807, 2.05) is 37.1 Å². The van der Waals surface area contributed by atoms with Gasteiger partial charge < -0.3 is 10.1 Å². The highest BCUT2D eigenvalue weighted by atomic mass is 32.2. The molecule has 1 aromatic carbocycles. The van der Waals surface area contributed by atoms with Crippen molar-refractivity contribution >= 4 is 11.8 Å². The Hall–Kier alpha value is -1.52. The molecule has 3 rings (SSSR count). The van der Waals surface area contributed by atoms with Gasteiger partial charge in [-0.1, -0.05) is 18.2 Å². The smallest absolute Gasteiger partial charge is 0.142 e. The molecule has 104 valence electrons. The average molecular weight is 286 g/mol. The Morgan fingerprint density at radius 2 is 2.15 bits per heavy atom. The minimum atomic E-state index is 0.184. The standard InChI is InChI=1S/C16H18N2OS/c1-17-16(15-12(19-2)7-5-9-18-15)14-10-11-6-3-4-8-13(11)20-14/h3-9,14,16-17H,10H2,1-2H3. The molecule has 0 bridgehead atoms. The second-order valence-electron chi connectivity index (χ2n) is 4.83. The molecular formula is C16H18N2OS. The Kier molecular flexibility index (Phi) is 3.94. The van der Waals surface area contributed by atoms with Crippen LogP contribution >= 0.6 is 11.8 Å². The maximum absolute atomic E-state index is 5.45. The quantitative estimate of drug-likeness (QED) is 0.936. The zero-order valence-corrected chi connectivity index (χ0v) is 12.5. The first-order valence-electron chi connectivity index (χ1n) is 6.74. The Morgan fingerprint density at radius 1 is 1.30 bits per heavy atom. The first kappa shape index (κ1) is 13.5. The summed E-state index contributed by atoms with van der Waals surface area (Å²) in [7, 11) is 3.69. The fourth-order valence-corrected chi connectivity index (χ4v) is 4.15. The van der Waals surface area contributed by atoms with Gasteiger partial charge in [0.2, 0.25) is 0 Å². The van der Waals surface area contributed by atoms with E-state index in [4.69, 9.17) is 4.74 Å². The third-order valence-electron chi connectivity index (χ3n) is 3.67. The minimum absolute atomic E-state index is 0.184. The number of methoxy groups -OCH3 is 1. The summed E-state index contributed by atoms with van der Waals surface area (Å²) in [4.78, 5) is 5.91. The molecule has 1 aromatic heterocycles. The fourth-order valence-electron chi connectivity index (χ4n) is 2.70. The van der Waals surface area contributed by atoms with Gasteiger partial charge >= 0.3 is 0 Å². The summed E-state index contributed by atoms with van der Waals surface area (Å²) in [5, 5.41) is 3.85. The number of pyridine rings is 1. The van der Waals surface area contributed by atoms with E-state index in [9.17, 15) is 0 Å². The lowest BCUT2D eigenvalue weighted by Gasteiger charge is -2.23. The Bertz CT molecular complexity index is 578. The van der Waals surface area contributed by atoms with E-state index in [0.29, 0.717) is 5.25 Å². The van der Waals surface area contributed by atoms with Crippen molar-refractivity contribution in [3.63, 3.8) is 0 Å². The fraction of sp³-hybridized carbons (Fsp3) is 0.312. The molecule has 0 spiro atoms. The van der Waals surface area contributed by atoms with Gasteiger partial charge in [-0.25, -0.2) is 0 Å². The van der Waals surface area contributed by atoms with Crippen molar-refractivity contribution in [1.82, 2.24) is 10.3 Å². The van der Waals surface area contributed by atoms with Crippen LogP contribution in [-0.2, 0) is 6.42 Å². The SMILES string of the molecule is CNC(c1ncccc1OC)C1Cc2ccccc2S1. The summed E-state index contributed by atoms with van der Waals surface area (Å²) in [5.74, 6) is 0.850. The molecule has 2 atom stereocenters. The van der Waals surface area contributed by atoms with Crippen LogP contribution in [0, 0.1) is 0 Å². The van der Waals surface area contributed by atoms with Gasteiger partial charge in [0.1, 0.15) is 11.4 Å². The lowest BCUT2D eigenvalue weighted by molar-refractivity contribution is 0.395. The highest BCUT2D eigenvalue weighted by Crippen LogP contribution is 2.43. The number of hydrogen-bond acceptors (Lipinski definition) is 4. The zero-order valence-electron chi connectivity index (χ0n) is 11.7. The zero-order chi connectivity index (χ0) is 13.9. The van der Waals surface area contributed by atoms with E-state index in [-0.39, 0.29) is 6.04 Å². The second kappa shape index (κ2) is 5.85. The number of nitrogens with one attached hydrogen (secondary N) is 1. The van der Waals surface area contributed by atoms with Gasteiger partial charge in [-0.05, 0) is 37.2 Å². The third kappa shape index (κ3) is 2.41. The maximum atomic E-state index is 5.45. The Balaban J connectivity index is 1.89. The molecule has 4 heteroatoms. The van der Waals surface area contributed by atoms with Gasteiger partial charge in [-0.3, -0.25) is 4.98 Å². The molecule has 0 radical (unpaired) electrons. The van der Waals surface area contributed by atoms with Crippen molar-refractivity contribution < 1.29 is 4.74 Å². The topological polar surface area (TPSA) is 34.2 Å². The van der Waals surface area contributed by atoms with Crippen molar-refractivity contribution in [1.29, 1.82) is 0 Å². The second-order valence-corrected chi connectivity index (χ2v) is 6.11. The number of ether oxygens (including phenoxy) is 1. The number of benzene rings is 1. The lowest BCUT2D eigenvalue weighted by Crippen LogP contribution is -2.28. The van der Waals surface area contributed by atoms with Gasteiger partial charge in [0.25, 0.3) is 0 Å². The first-order valence-corrected chi connectivity index (χ1v) is 7.62. The highest BCUT2D eigenvalue weighted by molar-refractivity contribution is 8.00. The Labute approximate surface area is 123 Å². The normalized spacial score (nSPS) is 18.6. The van der Waals surface area contributed by atoms with Crippen LogP contribution in [0.2, 0.25) is 0 Å². The van der Waals surface area contributed by atoms with Gasteiger partial charge in [0.15, 0.2) is 0 Å². The number of aromatic nitrogens is 1. The molecule has 0 fully saturated rings. The van der Waals surface area contributed by atoms with Crippen LogP contribution in [0.5, 0.6) is 5.75 Å². The molecule has 0 aliphatic carbocycles. The van der Waals surface area contributed by atoms with E-state index >= 15 is 0 Å². The summed E-state index contributed by atoms with van der Waals surface area (Å²) < 4.78 is 5.45.